The summed E-state index contributed by atoms with van der Waals surface area (Å²) in [6.45, 7) is 5.34. The monoisotopic (exact) mass is 218 g/mol. The van der Waals surface area contributed by atoms with Gasteiger partial charge in [0.2, 0.25) is 0 Å². The Morgan fingerprint density at radius 1 is 1.38 bits per heavy atom. The Morgan fingerprint density at radius 2 is 2.00 bits per heavy atom. The Balaban J connectivity index is 3.19. The van der Waals surface area contributed by atoms with E-state index in [1.54, 1.807) is 18.2 Å². The van der Waals surface area contributed by atoms with Crippen LogP contribution in [0.4, 0.5) is 5.69 Å². The summed E-state index contributed by atoms with van der Waals surface area (Å²) in [6, 6.07) is 5.00. The first-order valence-electron chi connectivity index (χ1n) is 5.07. The van der Waals surface area contributed by atoms with Gasteiger partial charge in [0.1, 0.15) is 0 Å². The van der Waals surface area contributed by atoms with Crippen LogP contribution in [0.5, 0.6) is 0 Å². The van der Waals surface area contributed by atoms with Crippen LogP contribution in [0, 0.1) is 12.3 Å². The second-order valence-electron chi connectivity index (χ2n) is 4.66. The van der Waals surface area contributed by atoms with Crippen molar-refractivity contribution in [3.63, 3.8) is 0 Å². The summed E-state index contributed by atoms with van der Waals surface area (Å²) in [5.41, 5.74) is 1.20. The molecule has 0 saturated carbocycles. The summed E-state index contributed by atoms with van der Waals surface area (Å²) in [5.74, 6) is 2.47. The highest BCUT2D eigenvalue weighted by molar-refractivity contribution is 5.54. The highest BCUT2D eigenvalue weighted by Gasteiger charge is 2.22. The maximum Gasteiger partial charge on any atom is 0.0689 e. The summed E-state index contributed by atoms with van der Waals surface area (Å²) in [7, 11) is 0. The molecule has 0 saturated heterocycles. The largest absolute Gasteiger partial charge is 0.392 e. The predicted molar refractivity (Wildman–Crippen MR) is 63.2 cm³/mol. The number of hydrogen-bond donors (Lipinski definition) is 1. The molecule has 16 heavy (non-hydrogen) atoms. The molecule has 1 rings (SSSR count). The second-order valence-corrected chi connectivity index (χ2v) is 4.66. The van der Waals surface area contributed by atoms with Gasteiger partial charge in [0, 0.05) is 5.56 Å². The topological polar surface area (TPSA) is 43.4 Å². The Kier molecular flexibility index (Phi) is 3.58. The fourth-order valence-corrected chi connectivity index (χ4v) is 1.35. The van der Waals surface area contributed by atoms with E-state index in [9.17, 15) is 5.21 Å². The van der Waals surface area contributed by atoms with Gasteiger partial charge in [0.25, 0.3) is 0 Å². The first kappa shape index (κ1) is 12.6. The zero-order valence-electron chi connectivity index (χ0n) is 9.82. The SMILES string of the molecule is C#Cc1cc(CO)cc(N([O])C(C)(C)C)c1. The van der Waals surface area contributed by atoms with Crippen molar-refractivity contribution in [3.05, 3.63) is 29.3 Å². The van der Waals surface area contributed by atoms with Crippen LogP contribution < -0.4 is 5.06 Å². The minimum absolute atomic E-state index is 0.125. The molecule has 1 aromatic carbocycles. The average Bonchev–Trinajstić information content (AvgIpc) is 2.26. The van der Waals surface area contributed by atoms with Gasteiger partial charge in [-0.3, -0.25) is 0 Å². The molecular formula is C13H16NO2. The molecule has 3 nitrogen and oxygen atoms in total. The molecule has 0 spiro atoms. The van der Waals surface area contributed by atoms with E-state index in [1.807, 2.05) is 20.8 Å². The number of nitrogens with zero attached hydrogens (tertiary/aromatic N) is 1. The van der Waals surface area contributed by atoms with Crippen LogP contribution in [-0.4, -0.2) is 10.6 Å². The lowest BCUT2D eigenvalue weighted by Crippen LogP contribution is -2.37. The molecule has 0 unspecified atom stereocenters. The first-order valence-corrected chi connectivity index (χ1v) is 5.07. The van der Waals surface area contributed by atoms with E-state index < -0.39 is 5.54 Å². The molecule has 0 bridgehead atoms. The smallest absolute Gasteiger partial charge is 0.0689 e. The number of aliphatic hydroxyl groups excluding tert-OH is 1. The molecule has 0 atom stereocenters. The maximum absolute atomic E-state index is 12.0. The fraction of sp³-hybridized carbons (Fsp3) is 0.385. The van der Waals surface area contributed by atoms with Crippen molar-refractivity contribution >= 4 is 5.69 Å². The van der Waals surface area contributed by atoms with Gasteiger partial charge < -0.3 is 5.11 Å². The standard InChI is InChI=1S/C13H16NO2/c1-5-10-6-11(9-15)8-12(7-10)14(16)13(2,3)4/h1,6-8,15H,9H2,2-4H3. The van der Waals surface area contributed by atoms with E-state index >= 15 is 0 Å². The molecule has 0 heterocycles. The highest BCUT2D eigenvalue weighted by Crippen LogP contribution is 2.24. The Labute approximate surface area is 96.3 Å². The lowest BCUT2D eigenvalue weighted by atomic mass is 10.1. The maximum atomic E-state index is 12.0. The zero-order valence-corrected chi connectivity index (χ0v) is 9.82. The van der Waals surface area contributed by atoms with Gasteiger partial charge in [-0.2, -0.15) is 0 Å². The minimum atomic E-state index is -0.528. The van der Waals surface area contributed by atoms with Crippen molar-refractivity contribution in [1.29, 1.82) is 0 Å². The van der Waals surface area contributed by atoms with Crippen LogP contribution in [0.2, 0.25) is 0 Å². The molecule has 0 amide bonds. The fourth-order valence-electron chi connectivity index (χ4n) is 1.35. The summed E-state index contributed by atoms with van der Waals surface area (Å²) in [5, 5.41) is 21.9. The third-order valence-corrected chi connectivity index (χ3v) is 2.17. The molecule has 0 aromatic heterocycles. The highest BCUT2D eigenvalue weighted by atomic mass is 16.5. The number of anilines is 1. The van der Waals surface area contributed by atoms with Crippen molar-refractivity contribution in [1.82, 2.24) is 0 Å². The van der Waals surface area contributed by atoms with E-state index in [0.29, 0.717) is 16.8 Å². The summed E-state index contributed by atoms with van der Waals surface area (Å²) < 4.78 is 0. The molecule has 1 radical (unpaired) electrons. The molecule has 1 N–H and O–H groups in total. The quantitative estimate of drug-likeness (QED) is 0.610. The Morgan fingerprint density at radius 3 is 2.44 bits per heavy atom. The van der Waals surface area contributed by atoms with Crippen LogP contribution in [0.3, 0.4) is 0 Å². The number of hydrogen-bond acceptors (Lipinski definition) is 2. The van der Waals surface area contributed by atoms with Crippen LogP contribution >= 0.6 is 0 Å². The van der Waals surface area contributed by atoms with Crippen LogP contribution in [0.25, 0.3) is 0 Å². The van der Waals surface area contributed by atoms with Gasteiger partial charge in [-0.05, 0) is 44.5 Å². The van der Waals surface area contributed by atoms with Gasteiger partial charge in [0.15, 0.2) is 0 Å². The lowest BCUT2D eigenvalue weighted by Gasteiger charge is -2.29. The molecule has 0 aliphatic rings. The van der Waals surface area contributed by atoms with E-state index in [0.717, 1.165) is 5.06 Å². The predicted octanol–water partition coefficient (Wildman–Crippen LogP) is 2.11. The lowest BCUT2D eigenvalue weighted by molar-refractivity contribution is 0.102. The molecule has 3 heteroatoms. The summed E-state index contributed by atoms with van der Waals surface area (Å²) in [6.07, 6.45) is 5.30. The van der Waals surface area contributed by atoms with Crippen LogP contribution in [-0.2, 0) is 11.8 Å². The molecule has 0 aliphatic heterocycles. The van der Waals surface area contributed by atoms with Crippen LogP contribution in [0.1, 0.15) is 31.9 Å². The molecule has 1 aromatic rings. The first-order chi connectivity index (χ1) is 7.38. The van der Waals surface area contributed by atoms with Crippen molar-refractivity contribution in [2.24, 2.45) is 0 Å². The number of rotatable bonds is 2. The van der Waals surface area contributed by atoms with Gasteiger partial charge >= 0.3 is 0 Å². The third kappa shape index (κ3) is 2.75. The third-order valence-electron chi connectivity index (χ3n) is 2.17. The Bertz CT molecular complexity index is 413. The van der Waals surface area contributed by atoms with E-state index in [4.69, 9.17) is 11.5 Å². The Hall–Kier alpha value is -1.50. The minimum Gasteiger partial charge on any atom is -0.392 e. The van der Waals surface area contributed by atoms with Crippen molar-refractivity contribution < 1.29 is 10.3 Å². The van der Waals surface area contributed by atoms with Crippen LogP contribution in [0.15, 0.2) is 18.2 Å². The summed E-state index contributed by atoms with van der Waals surface area (Å²) >= 11 is 0. The van der Waals surface area contributed by atoms with Gasteiger partial charge in [-0.25, -0.2) is 5.06 Å². The number of aliphatic hydroxyl groups is 1. The van der Waals surface area contributed by atoms with Gasteiger partial charge in [0.05, 0.1) is 17.8 Å². The second kappa shape index (κ2) is 4.56. The zero-order chi connectivity index (χ0) is 12.3. The van der Waals surface area contributed by atoms with Gasteiger partial charge in [-0.1, -0.05) is 11.1 Å². The van der Waals surface area contributed by atoms with E-state index in [1.165, 1.54) is 0 Å². The van der Waals surface area contributed by atoms with Crippen molar-refractivity contribution in [2.75, 3.05) is 5.06 Å². The molecule has 0 fully saturated rings. The normalized spacial score (nSPS) is 11.0. The van der Waals surface area contributed by atoms with Crippen molar-refractivity contribution in [2.45, 2.75) is 32.9 Å². The molecular weight excluding hydrogens is 202 g/mol. The number of hydroxylamine groups is 1. The number of benzene rings is 1. The van der Waals surface area contributed by atoms with E-state index in [-0.39, 0.29) is 6.61 Å². The molecule has 85 valence electrons. The number of terminal acetylenes is 1. The van der Waals surface area contributed by atoms with Crippen molar-refractivity contribution in [3.8, 4) is 12.3 Å². The average molecular weight is 218 g/mol. The van der Waals surface area contributed by atoms with E-state index in [2.05, 4.69) is 5.92 Å². The molecule has 0 aliphatic carbocycles. The van der Waals surface area contributed by atoms with Gasteiger partial charge in [-0.15, -0.1) is 6.42 Å². The summed E-state index contributed by atoms with van der Waals surface area (Å²) in [4.78, 5) is 0.